The summed E-state index contributed by atoms with van der Waals surface area (Å²) in [5.74, 6) is 6.20. The van der Waals surface area contributed by atoms with Crippen molar-refractivity contribution in [2.75, 3.05) is 13.2 Å². The van der Waals surface area contributed by atoms with Crippen LogP contribution in [0.5, 0.6) is 0 Å². The number of benzene rings is 1. The van der Waals surface area contributed by atoms with Crippen LogP contribution < -0.4 is 11.3 Å². The highest BCUT2D eigenvalue weighted by molar-refractivity contribution is 5.82. The van der Waals surface area contributed by atoms with Crippen LogP contribution in [0.2, 0.25) is 0 Å². The topological polar surface area (TPSA) is 60.2 Å². The average Bonchev–Trinajstić information content (AvgIpc) is 2.49. The number of nitrogens with one attached hydrogen (secondary N) is 1. The molecule has 1 aromatic heterocycles. The fraction of sp³-hybridized carbons (Fsp3) is 0.400. The van der Waals surface area contributed by atoms with Gasteiger partial charge in [0.05, 0.1) is 18.2 Å². The van der Waals surface area contributed by atoms with Gasteiger partial charge < -0.3 is 4.74 Å². The highest BCUT2D eigenvalue weighted by Crippen LogP contribution is 2.31. The van der Waals surface area contributed by atoms with E-state index in [-0.39, 0.29) is 6.04 Å². The van der Waals surface area contributed by atoms with Gasteiger partial charge in [0, 0.05) is 24.1 Å². The second-order valence-electron chi connectivity index (χ2n) is 5.04. The Morgan fingerprint density at radius 2 is 2.21 bits per heavy atom. The minimum Gasteiger partial charge on any atom is -0.381 e. The monoisotopic (exact) mass is 257 g/mol. The van der Waals surface area contributed by atoms with Gasteiger partial charge in [0.2, 0.25) is 0 Å². The van der Waals surface area contributed by atoms with Gasteiger partial charge in [-0.05, 0) is 24.5 Å². The zero-order valence-electron chi connectivity index (χ0n) is 10.9. The van der Waals surface area contributed by atoms with E-state index in [9.17, 15) is 0 Å². The van der Waals surface area contributed by atoms with Gasteiger partial charge in [-0.15, -0.1) is 0 Å². The van der Waals surface area contributed by atoms with E-state index < -0.39 is 0 Å². The molecule has 2 atom stereocenters. The number of rotatable bonds is 3. The first kappa shape index (κ1) is 12.5. The van der Waals surface area contributed by atoms with Gasteiger partial charge in [-0.3, -0.25) is 16.3 Å². The van der Waals surface area contributed by atoms with Crippen LogP contribution in [0.25, 0.3) is 10.9 Å². The van der Waals surface area contributed by atoms with Gasteiger partial charge in [0.15, 0.2) is 0 Å². The van der Waals surface area contributed by atoms with E-state index in [1.165, 1.54) is 0 Å². The Balaban J connectivity index is 2.00. The molecule has 1 aromatic carbocycles. The Kier molecular flexibility index (Phi) is 3.73. The lowest BCUT2D eigenvalue weighted by Crippen LogP contribution is -2.37. The van der Waals surface area contributed by atoms with Crippen LogP contribution in [-0.4, -0.2) is 18.2 Å². The maximum atomic E-state index is 5.79. The van der Waals surface area contributed by atoms with Crippen molar-refractivity contribution in [3.63, 3.8) is 0 Å². The van der Waals surface area contributed by atoms with Crippen molar-refractivity contribution in [3.8, 4) is 0 Å². The first-order valence-corrected chi connectivity index (χ1v) is 6.77. The van der Waals surface area contributed by atoms with E-state index in [4.69, 9.17) is 10.6 Å². The molecule has 4 heteroatoms. The molecule has 100 valence electrons. The Labute approximate surface area is 112 Å². The normalized spacial score (nSPS) is 21.4. The Morgan fingerprint density at radius 1 is 1.32 bits per heavy atom. The fourth-order valence-corrected chi connectivity index (χ4v) is 2.89. The van der Waals surface area contributed by atoms with Crippen molar-refractivity contribution >= 4 is 10.9 Å². The maximum Gasteiger partial charge on any atom is 0.0750 e. The summed E-state index contributed by atoms with van der Waals surface area (Å²) in [5, 5.41) is 1.15. The summed E-state index contributed by atoms with van der Waals surface area (Å²) in [5.41, 5.74) is 5.15. The lowest BCUT2D eigenvalue weighted by molar-refractivity contribution is 0.0392. The van der Waals surface area contributed by atoms with Crippen LogP contribution in [0.4, 0.5) is 0 Å². The molecule has 0 spiro atoms. The molecule has 3 N–H and O–H groups in total. The van der Waals surface area contributed by atoms with Gasteiger partial charge in [0.1, 0.15) is 0 Å². The molecule has 2 aromatic rings. The number of nitrogens with two attached hydrogens (primary N) is 1. The summed E-state index contributed by atoms with van der Waals surface area (Å²) in [6.45, 7) is 1.62. The summed E-state index contributed by atoms with van der Waals surface area (Å²) in [6, 6.07) is 10.4. The Bertz CT molecular complexity index is 547. The van der Waals surface area contributed by atoms with Crippen molar-refractivity contribution < 1.29 is 4.74 Å². The third-order valence-corrected chi connectivity index (χ3v) is 3.85. The molecule has 2 unspecified atom stereocenters. The highest BCUT2D eigenvalue weighted by atomic mass is 16.5. The number of para-hydroxylation sites is 1. The predicted molar refractivity (Wildman–Crippen MR) is 75.4 cm³/mol. The SMILES string of the molecule is NNC(c1cccc2cccnc12)C1CCCOC1. The summed E-state index contributed by atoms with van der Waals surface area (Å²) in [6.07, 6.45) is 4.07. The van der Waals surface area contributed by atoms with Crippen molar-refractivity contribution in [2.24, 2.45) is 11.8 Å². The van der Waals surface area contributed by atoms with Gasteiger partial charge in [-0.2, -0.15) is 0 Å². The second-order valence-corrected chi connectivity index (χ2v) is 5.04. The van der Waals surface area contributed by atoms with Crippen molar-refractivity contribution in [3.05, 3.63) is 42.1 Å². The first-order valence-electron chi connectivity index (χ1n) is 6.77. The van der Waals surface area contributed by atoms with Crippen LogP contribution >= 0.6 is 0 Å². The van der Waals surface area contributed by atoms with Gasteiger partial charge in [-0.1, -0.05) is 24.3 Å². The molecular weight excluding hydrogens is 238 g/mol. The molecule has 1 saturated heterocycles. The molecule has 1 aliphatic heterocycles. The van der Waals surface area contributed by atoms with Crippen LogP contribution in [-0.2, 0) is 4.74 Å². The fourth-order valence-electron chi connectivity index (χ4n) is 2.89. The molecule has 2 heterocycles. The third kappa shape index (κ3) is 2.47. The second kappa shape index (κ2) is 5.65. The van der Waals surface area contributed by atoms with E-state index in [1.54, 1.807) is 0 Å². The molecule has 0 bridgehead atoms. The molecule has 19 heavy (non-hydrogen) atoms. The van der Waals surface area contributed by atoms with Crippen LogP contribution in [0, 0.1) is 5.92 Å². The van der Waals surface area contributed by atoms with E-state index in [0.717, 1.165) is 42.5 Å². The number of hydrazine groups is 1. The minimum absolute atomic E-state index is 0.0962. The van der Waals surface area contributed by atoms with Gasteiger partial charge >= 0.3 is 0 Å². The zero-order valence-corrected chi connectivity index (χ0v) is 10.9. The molecule has 0 aliphatic carbocycles. The Hall–Kier alpha value is -1.49. The van der Waals surface area contributed by atoms with E-state index >= 15 is 0 Å². The van der Waals surface area contributed by atoms with Gasteiger partial charge in [-0.25, -0.2) is 0 Å². The summed E-state index contributed by atoms with van der Waals surface area (Å²) >= 11 is 0. The van der Waals surface area contributed by atoms with Crippen LogP contribution in [0.3, 0.4) is 0 Å². The number of hydrogen-bond acceptors (Lipinski definition) is 4. The molecule has 0 radical (unpaired) electrons. The molecule has 3 rings (SSSR count). The lowest BCUT2D eigenvalue weighted by Gasteiger charge is -2.30. The van der Waals surface area contributed by atoms with Crippen molar-refractivity contribution in [1.82, 2.24) is 10.4 Å². The average molecular weight is 257 g/mol. The minimum atomic E-state index is 0.0962. The van der Waals surface area contributed by atoms with Crippen LogP contribution in [0.15, 0.2) is 36.5 Å². The number of hydrogen-bond donors (Lipinski definition) is 2. The number of pyridine rings is 1. The predicted octanol–water partition coefficient (Wildman–Crippen LogP) is 2.17. The highest BCUT2D eigenvalue weighted by Gasteiger charge is 2.26. The van der Waals surface area contributed by atoms with E-state index in [1.807, 2.05) is 12.3 Å². The number of nitrogens with zero attached hydrogens (tertiary/aromatic N) is 1. The smallest absolute Gasteiger partial charge is 0.0750 e. The Morgan fingerprint density at radius 3 is 3.00 bits per heavy atom. The zero-order chi connectivity index (χ0) is 13.1. The molecule has 0 saturated carbocycles. The first-order chi connectivity index (χ1) is 9.40. The van der Waals surface area contributed by atoms with E-state index in [0.29, 0.717) is 5.92 Å². The molecule has 4 nitrogen and oxygen atoms in total. The summed E-state index contributed by atoms with van der Waals surface area (Å²) in [4.78, 5) is 4.51. The third-order valence-electron chi connectivity index (χ3n) is 3.85. The number of ether oxygens (including phenoxy) is 1. The number of fused-ring (bicyclic) bond motifs is 1. The van der Waals surface area contributed by atoms with Crippen LogP contribution in [0.1, 0.15) is 24.4 Å². The summed E-state index contributed by atoms with van der Waals surface area (Å²) in [7, 11) is 0. The van der Waals surface area contributed by atoms with Crippen molar-refractivity contribution in [1.29, 1.82) is 0 Å². The largest absolute Gasteiger partial charge is 0.381 e. The van der Waals surface area contributed by atoms with E-state index in [2.05, 4.69) is 34.7 Å². The molecule has 0 amide bonds. The molecular formula is C15H19N3O. The lowest BCUT2D eigenvalue weighted by atomic mass is 9.88. The van der Waals surface area contributed by atoms with Gasteiger partial charge in [0.25, 0.3) is 0 Å². The maximum absolute atomic E-state index is 5.79. The quantitative estimate of drug-likeness (QED) is 0.653. The van der Waals surface area contributed by atoms with Crippen molar-refractivity contribution in [2.45, 2.75) is 18.9 Å². The molecule has 1 aliphatic rings. The standard InChI is InChI=1S/C15H19N3O/c16-18-15(12-6-3-9-19-10-12)13-7-1-4-11-5-2-8-17-14(11)13/h1-2,4-5,7-8,12,15,18H,3,6,9-10,16H2. The summed E-state index contributed by atoms with van der Waals surface area (Å²) < 4.78 is 5.58. The molecule has 1 fully saturated rings. The number of aromatic nitrogens is 1.